The fourth-order valence-corrected chi connectivity index (χ4v) is 3.48. The number of hydrogen-bond donors (Lipinski definition) is 0. The highest BCUT2D eigenvalue weighted by molar-refractivity contribution is 5.32. The summed E-state index contributed by atoms with van der Waals surface area (Å²) in [4.78, 5) is 2.65. The Labute approximate surface area is 149 Å². The molecule has 0 atom stereocenters. The molecule has 0 N–H and O–H groups in total. The van der Waals surface area contributed by atoms with Crippen molar-refractivity contribution >= 4 is 0 Å². The molecule has 1 saturated heterocycles. The molecule has 2 rings (SSSR count). The molecule has 24 heavy (non-hydrogen) atoms. The minimum absolute atomic E-state index is 0.184. The Bertz CT molecular complexity index is 469. The van der Waals surface area contributed by atoms with E-state index in [4.69, 9.17) is 4.74 Å². The quantitative estimate of drug-likeness (QED) is 0.570. The summed E-state index contributed by atoms with van der Waals surface area (Å²) in [6.07, 6.45) is 7.96. The van der Waals surface area contributed by atoms with Crippen LogP contribution in [-0.2, 0) is 5.41 Å². The van der Waals surface area contributed by atoms with E-state index >= 15 is 0 Å². The van der Waals surface area contributed by atoms with Crippen molar-refractivity contribution in [1.82, 2.24) is 4.90 Å². The van der Waals surface area contributed by atoms with Gasteiger partial charge < -0.3 is 9.64 Å². The van der Waals surface area contributed by atoms with Crippen molar-refractivity contribution in [2.45, 2.75) is 71.6 Å². The summed E-state index contributed by atoms with van der Waals surface area (Å²) in [5.74, 6) is 1.87. The standard InChI is InChI=1S/C22H37NO/c1-5-6-7-14-23-15-11-19(12-16-23)13-17-24-21-10-8-9-20(18-21)22(2,3)4/h8-10,18-19H,5-7,11-17H2,1-4H3. The minimum Gasteiger partial charge on any atom is -0.494 e. The second-order valence-electron chi connectivity index (χ2n) is 8.41. The first-order chi connectivity index (χ1) is 11.5. The van der Waals surface area contributed by atoms with Crippen LogP contribution in [0.3, 0.4) is 0 Å². The number of piperidine rings is 1. The van der Waals surface area contributed by atoms with E-state index in [1.54, 1.807) is 0 Å². The highest BCUT2D eigenvalue weighted by Crippen LogP contribution is 2.26. The summed E-state index contributed by atoms with van der Waals surface area (Å²) >= 11 is 0. The Balaban J connectivity index is 1.67. The van der Waals surface area contributed by atoms with Gasteiger partial charge in [-0.3, -0.25) is 0 Å². The fourth-order valence-electron chi connectivity index (χ4n) is 3.48. The Morgan fingerprint density at radius 2 is 1.88 bits per heavy atom. The molecule has 1 aromatic rings. The van der Waals surface area contributed by atoms with Crippen LogP contribution in [0.15, 0.2) is 24.3 Å². The van der Waals surface area contributed by atoms with Gasteiger partial charge in [0.25, 0.3) is 0 Å². The zero-order valence-electron chi connectivity index (χ0n) is 16.3. The third-order valence-electron chi connectivity index (χ3n) is 5.28. The zero-order valence-corrected chi connectivity index (χ0v) is 16.3. The van der Waals surface area contributed by atoms with Gasteiger partial charge in [0.05, 0.1) is 6.61 Å². The molecule has 0 radical (unpaired) electrons. The first-order valence-corrected chi connectivity index (χ1v) is 9.94. The number of likely N-dealkylation sites (tertiary alicyclic amines) is 1. The lowest BCUT2D eigenvalue weighted by Gasteiger charge is -2.32. The van der Waals surface area contributed by atoms with Crippen LogP contribution < -0.4 is 4.74 Å². The number of ether oxygens (including phenoxy) is 1. The van der Waals surface area contributed by atoms with Crippen LogP contribution in [0.5, 0.6) is 5.75 Å². The van der Waals surface area contributed by atoms with Crippen LogP contribution >= 0.6 is 0 Å². The number of hydrogen-bond acceptors (Lipinski definition) is 2. The Morgan fingerprint density at radius 3 is 2.54 bits per heavy atom. The van der Waals surface area contributed by atoms with Crippen molar-refractivity contribution in [1.29, 1.82) is 0 Å². The highest BCUT2D eigenvalue weighted by Gasteiger charge is 2.19. The number of rotatable bonds is 8. The third kappa shape index (κ3) is 6.47. The molecular weight excluding hydrogens is 294 g/mol. The van der Waals surface area contributed by atoms with Gasteiger partial charge in [-0.25, -0.2) is 0 Å². The smallest absolute Gasteiger partial charge is 0.119 e. The lowest BCUT2D eigenvalue weighted by Crippen LogP contribution is -2.34. The van der Waals surface area contributed by atoms with Gasteiger partial charge in [0.15, 0.2) is 0 Å². The Hall–Kier alpha value is -1.02. The largest absolute Gasteiger partial charge is 0.494 e. The predicted octanol–water partition coefficient (Wildman–Crippen LogP) is 5.66. The topological polar surface area (TPSA) is 12.5 Å². The molecule has 0 spiro atoms. The van der Waals surface area contributed by atoms with Crippen molar-refractivity contribution < 1.29 is 4.74 Å². The van der Waals surface area contributed by atoms with Gasteiger partial charge in [0, 0.05) is 0 Å². The lowest BCUT2D eigenvalue weighted by molar-refractivity contribution is 0.161. The molecule has 0 amide bonds. The second-order valence-corrected chi connectivity index (χ2v) is 8.41. The van der Waals surface area contributed by atoms with Crippen molar-refractivity contribution in [3.63, 3.8) is 0 Å². The van der Waals surface area contributed by atoms with E-state index in [0.29, 0.717) is 0 Å². The van der Waals surface area contributed by atoms with E-state index in [1.165, 1.54) is 63.7 Å². The van der Waals surface area contributed by atoms with Crippen LogP contribution in [-0.4, -0.2) is 31.1 Å². The molecule has 1 fully saturated rings. The SMILES string of the molecule is CCCCCN1CCC(CCOc2cccc(C(C)(C)C)c2)CC1. The first kappa shape index (κ1) is 19.3. The summed E-state index contributed by atoms with van der Waals surface area (Å²) in [7, 11) is 0. The average Bonchev–Trinajstić information content (AvgIpc) is 2.56. The molecule has 136 valence electrons. The van der Waals surface area contributed by atoms with E-state index in [9.17, 15) is 0 Å². The summed E-state index contributed by atoms with van der Waals surface area (Å²) < 4.78 is 6.04. The zero-order chi connectivity index (χ0) is 17.4. The molecule has 2 nitrogen and oxygen atoms in total. The van der Waals surface area contributed by atoms with Crippen LogP contribution in [0, 0.1) is 5.92 Å². The van der Waals surface area contributed by atoms with Crippen molar-refractivity contribution in [3.8, 4) is 5.75 Å². The van der Waals surface area contributed by atoms with Gasteiger partial charge in [0.2, 0.25) is 0 Å². The molecule has 1 aliphatic heterocycles. The Kier molecular flexibility index (Phi) is 7.61. The molecule has 0 aromatic heterocycles. The summed E-state index contributed by atoms with van der Waals surface area (Å²) in [5, 5.41) is 0. The summed E-state index contributed by atoms with van der Waals surface area (Å²) in [6.45, 7) is 13.8. The van der Waals surface area contributed by atoms with Crippen molar-refractivity contribution in [2.75, 3.05) is 26.2 Å². The van der Waals surface area contributed by atoms with E-state index in [1.807, 2.05) is 0 Å². The molecule has 0 unspecified atom stereocenters. The number of unbranched alkanes of at least 4 members (excludes halogenated alkanes) is 2. The van der Waals surface area contributed by atoms with Gasteiger partial charge >= 0.3 is 0 Å². The molecule has 1 aliphatic rings. The lowest BCUT2D eigenvalue weighted by atomic mass is 9.87. The molecule has 1 aromatic carbocycles. The maximum absolute atomic E-state index is 6.04. The van der Waals surface area contributed by atoms with E-state index in [0.717, 1.165) is 18.3 Å². The number of nitrogens with zero attached hydrogens (tertiary/aromatic N) is 1. The number of benzene rings is 1. The van der Waals surface area contributed by atoms with Crippen molar-refractivity contribution in [2.24, 2.45) is 5.92 Å². The van der Waals surface area contributed by atoms with Crippen molar-refractivity contribution in [3.05, 3.63) is 29.8 Å². The molecular formula is C22H37NO. The molecule has 0 bridgehead atoms. The van der Waals surface area contributed by atoms with E-state index < -0.39 is 0 Å². The van der Waals surface area contributed by atoms with Gasteiger partial charge in [-0.2, -0.15) is 0 Å². The Morgan fingerprint density at radius 1 is 1.12 bits per heavy atom. The van der Waals surface area contributed by atoms with Gasteiger partial charge in [-0.05, 0) is 74.3 Å². The van der Waals surface area contributed by atoms with Crippen LogP contribution in [0.25, 0.3) is 0 Å². The van der Waals surface area contributed by atoms with Gasteiger partial charge in [-0.15, -0.1) is 0 Å². The van der Waals surface area contributed by atoms with Gasteiger partial charge in [-0.1, -0.05) is 52.7 Å². The van der Waals surface area contributed by atoms with E-state index in [2.05, 4.69) is 56.9 Å². The summed E-state index contributed by atoms with van der Waals surface area (Å²) in [5.41, 5.74) is 1.53. The predicted molar refractivity (Wildman–Crippen MR) is 104 cm³/mol. The fraction of sp³-hybridized carbons (Fsp3) is 0.727. The maximum Gasteiger partial charge on any atom is 0.119 e. The average molecular weight is 332 g/mol. The van der Waals surface area contributed by atoms with Gasteiger partial charge in [0.1, 0.15) is 5.75 Å². The molecule has 1 heterocycles. The first-order valence-electron chi connectivity index (χ1n) is 9.94. The second kappa shape index (κ2) is 9.46. The molecule has 2 heteroatoms. The minimum atomic E-state index is 0.184. The molecule has 0 saturated carbocycles. The van der Waals surface area contributed by atoms with Crippen LogP contribution in [0.4, 0.5) is 0 Å². The summed E-state index contributed by atoms with van der Waals surface area (Å²) in [6, 6.07) is 8.60. The monoisotopic (exact) mass is 331 g/mol. The van der Waals surface area contributed by atoms with Crippen LogP contribution in [0.2, 0.25) is 0 Å². The van der Waals surface area contributed by atoms with E-state index in [-0.39, 0.29) is 5.41 Å². The highest BCUT2D eigenvalue weighted by atomic mass is 16.5. The normalized spacial score (nSPS) is 17.2. The third-order valence-corrected chi connectivity index (χ3v) is 5.28. The van der Waals surface area contributed by atoms with Crippen LogP contribution in [0.1, 0.15) is 71.8 Å². The maximum atomic E-state index is 6.04. The molecule has 0 aliphatic carbocycles.